The van der Waals surface area contributed by atoms with E-state index in [2.05, 4.69) is 20.0 Å². The van der Waals surface area contributed by atoms with Gasteiger partial charge < -0.3 is 10.4 Å². The number of halogens is 1. The minimum Gasteiger partial charge on any atom is -0.395 e. The fourth-order valence-electron chi connectivity index (χ4n) is 3.14. The number of aromatic nitrogens is 2. The summed E-state index contributed by atoms with van der Waals surface area (Å²) in [6.07, 6.45) is 1.62. The van der Waals surface area contributed by atoms with E-state index < -0.39 is 15.9 Å². The molecule has 0 aliphatic rings. The zero-order valence-corrected chi connectivity index (χ0v) is 18.8. The van der Waals surface area contributed by atoms with Gasteiger partial charge in [-0.3, -0.25) is 9.78 Å². The minimum absolute atomic E-state index is 0.00356. The van der Waals surface area contributed by atoms with Crippen LogP contribution in [0.5, 0.6) is 0 Å². The first-order valence-electron chi connectivity index (χ1n) is 9.91. The molecule has 1 aromatic heterocycles. The molecule has 0 fully saturated rings. The number of amides is 1. The second kappa shape index (κ2) is 9.63. The predicted molar refractivity (Wildman–Crippen MR) is 127 cm³/mol. The Kier molecular flexibility index (Phi) is 6.66. The van der Waals surface area contributed by atoms with Crippen LogP contribution in [0.1, 0.15) is 10.4 Å². The number of anilines is 1. The fourth-order valence-corrected chi connectivity index (χ4v) is 4.37. The average molecular weight is 483 g/mol. The highest BCUT2D eigenvalue weighted by Crippen LogP contribution is 2.30. The van der Waals surface area contributed by atoms with Gasteiger partial charge in [0.2, 0.25) is 10.0 Å². The monoisotopic (exact) mass is 482 g/mol. The highest BCUT2D eigenvalue weighted by atomic mass is 35.5. The van der Waals surface area contributed by atoms with Gasteiger partial charge in [0.05, 0.1) is 39.4 Å². The number of carbonyl (C=O) groups excluding carboxylic acids is 1. The predicted octanol–water partition coefficient (Wildman–Crippen LogP) is 3.47. The van der Waals surface area contributed by atoms with E-state index in [4.69, 9.17) is 16.7 Å². The Bertz CT molecular complexity index is 1430. The molecule has 0 radical (unpaired) electrons. The van der Waals surface area contributed by atoms with Crippen molar-refractivity contribution >= 4 is 44.3 Å². The third-order valence-corrected chi connectivity index (χ3v) is 6.59. The van der Waals surface area contributed by atoms with E-state index in [1.54, 1.807) is 24.4 Å². The average Bonchev–Trinajstić information content (AvgIpc) is 2.83. The summed E-state index contributed by atoms with van der Waals surface area (Å²) in [4.78, 5) is 21.7. The standard InChI is InChI=1S/C23H19ClN4O4S/c24-19-10-7-16(13-18(19)22-14-25-20-3-1-2-4-21(20)28-22)27-23(30)15-5-8-17(9-6-15)33(31,32)26-11-12-29/h1-10,13-14,26,29H,11-12H2,(H,27,30). The van der Waals surface area contributed by atoms with Gasteiger partial charge >= 0.3 is 0 Å². The molecule has 1 amide bonds. The van der Waals surface area contributed by atoms with Crippen molar-refractivity contribution in [2.45, 2.75) is 4.90 Å². The number of fused-ring (bicyclic) bond motifs is 1. The maximum Gasteiger partial charge on any atom is 0.255 e. The maximum absolute atomic E-state index is 12.7. The first-order valence-corrected chi connectivity index (χ1v) is 11.8. The van der Waals surface area contributed by atoms with Crippen LogP contribution in [0.4, 0.5) is 5.69 Å². The quantitative estimate of drug-likeness (QED) is 0.371. The van der Waals surface area contributed by atoms with Crippen molar-refractivity contribution in [3.8, 4) is 11.3 Å². The lowest BCUT2D eigenvalue weighted by molar-refractivity contribution is 0.102. The van der Waals surface area contributed by atoms with Crippen LogP contribution in [0.3, 0.4) is 0 Å². The number of benzene rings is 3. The molecule has 4 rings (SSSR count). The highest BCUT2D eigenvalue weighted by molar-refractivity contribution is 7.89. The molecule has 0 aliphatic heterocycles. The number of nitrogens with zero attached hydrogens (tertiary/aromatic N) is 2. The second-order valence-electron chi connectivity index (χ2n) is 7.04. The van der Waals surface area contributed by atoms with Crippen LogP contribution in [-0.4, -0.2) is 42.6 Å². The number of sulfonamides is 1. The van der Waals surface area contributed by atoms with Crippen LogP contribution in [-0.2, 0) is 10.0 Å². The van der Waals surface area contributed by atoms with Crippen LogP contribution in [0.2, 0.25) is 5.02 Å². The van der Waals surface area contributed by atoms with Gasteiger partial charge in [-0.05, 0) is 54.6 Å². The summed E-state index contributed by atoms with van der Waals surface area (Å²) in [6.45, 7) is -0.404. The summed E-state index contributed by atoms with van der Waals surface area (Å²) in [5.74, 6) is -0.417. The molecule has 0 aliphatic carbocycles. The molecule has 0 saturated heterocycles. The number of aliphatic hydroxyl groups excluding tert-OH is 1. The van der Waals surface area contributed by atoms with E-state index in [0.29, 0.717) is 22.0 Å². The number of para-hydroxylation sites is 2. The maximum atomic E-state index is 12.7. The van der Waals surface area contributed by atoms with Crippen LogP contribution in [0.25, 0.3) is 22.3 Å². The lowest BCUT2D eigenvalue weighted by atomic mass is 10.1. The summed E-state index contributed by atoms with van der Waals surface area (Å²) in [6, 6.07) is 18.0. The topological polar surface area (TPSA) is 121 Å². The summed E-state index contributed by atoms with van der Waals surface area (Å²) in [5.41, 5.74) is 3.44. The molecule has 168 valence electrons. The Morgan fingerprint density at radius 1 is 1.00 bits per heavy atom. The summed E-state index contributed by atoms with van der Waals surface area (Å²) < 4.78 is 26.5. The van der Waals surface area contributed by atoms with E-state index in [9.17, 15) is 13.2 Å². The molecule has 0 saturated carbocycles. The second-order valence-corrected chi connectivity index (χ2v) is 9.21. The van der Waals surface area contributed by atoms with Crippen LogP contribution >= 0.6 is 11.6 Å². The van der Waals surface area contributed by atoms with Gasteiger partial charge in [-0.1, -0.05) is 23.7 Å². The van der Waals surface area contributed by atoms with E-state index in [0.717, 1.165) is 11.0 Å². The zero-order chi connectivity index (χ0) is 23.4. The van der Waals surface area contributed by atoms with Gasteiger partial charge in [-0.15, -0.1) is 0 Å². The van der Waals surface area contributed by atoms with Crippen molar-refractivity contribution in [3.05, 3.63) is 83.5 Å². The smallest absolute Gasteiger partial charge is 0.255 e. The normalized spacial score (nSPS) is 11.5. The first kappa shape index (κ1) is 22.8. The molecule has 4 aromatic rings. The first-order chi connectivity index (χ1) is 15.9. The number of hydrogen-bond donors (Lipinski definition) is 3. The lowest BCUT2D eigenvalue weighted by Gasteiger charge is -2.10. The Labute approximate surface area is 195 Å². The van der Waals surface area contributed by atoms with Gasteiger partial charge in [0.1, 0.15) is 0 Å². The zero-order valence-electron chi connectivity index (χ0n) is 17.2. The van der Waals surface area contributed by atoms with Gasteiger partial charge in [0, 0.05) is 23.4 Å². The number of hydrogen-bond acceptors (Lipinski definition) is 6. The largest absolute Gasteiger partial charge is 0.395 e. The molecule has 1 heterocycles. The molecule has 3 aromatic carbocycles. The third-order valence-electron chi connectivity index (χ3n) is 4.78. The molecule has 0 spiro atoms. The number of aliphatic hydroxyl groups is 1. The number of carbonyl (C=O) groups is 1. The van der Waals surface area contributed by atoms with E-state index in [1.165, 1.54) is 24.3 Å². The van der Waals surface area contributed by atoms with Crippen molar-refractivity contribution < 1.29 is 18.3 Å². The Balaban J connectivity index is 1.55. The molecule has 10 heteroatoms. The number of nitrogens with one attached hydrogen (secondary N) is 2. The SMILES string of the molecule is O=C(Nc1ccc(Cl)c(-c2cnc3ccccc3n2)c1)c1ccc(S(=O)(=O)NCCO)cc1. The van der Waals surface area contributed by atoms with Gasteiger partial charge in [-0.2, -0.15) is 0 Å². The van der Waals surface area contributed by atoms with Gasteiger partial charge in [0.25, 0.3) is 5.91 Å². The highest BCUT2D eigenvalue weighted by Gasteiger charge is 2.15. The van der Waals surface area contributed by atoms with Crippen molar-refractivity contribution in [3.63, 3.8) is 0 Å². The van der Waals surface area contributed by atoms with Crippen LogP contribution in [0, 0.1) is 0 Å². The molecule has 0 atom stereocenters. The van der Waals surface area contributed by atoms with Crippen molar-refractivity contribution in [1.82, 2.24) is 14.7 Å². The van der Waals surface area contributed by atoms with Crippen molar-refractivity contribution in [1.29, 1.82) is 0 Å². The minimum atomic E-state index is -3.75. The lowest BCUT2D eigenvalue weighted by Crippen LogP contribution is -2.26. The summed E-state index contributed by atoms with van der Waals surface area (Å²) in [5, 5.41) is 12.0. The Hall–Kier alpha value is -3.37. The van der Waals surface area contributed by atoms with Crippen LogP contribution in [0.15, 0.2) is 77.8 Å². The number of rotatable bonds is 7. The van der Waals surface area contributed by atoms with Gasteiger partial charge in [0.15, 0.2) is 0 Å². The summed E-state index contributed by atoms with van der Waals surface area (Å²) >= 11 is 6.37. The Morgan fingerprint density at radius 3 is 2.45 bits per heavy atom. The third kappa shape index (κ3) is 5.18. The molecular formula is C23H19ClN4O4S. The summed E-state index contributed by atoms with van der Waals surface area (Å²) in [7, 11) is -3.75. The van der Waals surface area contributed by atoms with Crippen molar-refractivity contribution in [2.75, 3.05) is 18.5 Å². The van der Waals surface area contributed by atoms with Crippen LogP contribution < -0.4 is 10.0 Å². The Morgan fingerprint density at radius 2 is 1.73 bits per heavy atom. The molecule has 0 unspecified atom stereocenters. The van der Waals surface area contributed by atoms with E-state index >= 15 is 0 Å². The molecular weight excluding hydrogens is 464 g/mol. The van der Waals surface area contributed by atoms with E-state index in [-0.39, 0.29) is 23.6 Å². The van der Waals surface area contributed by atoms with E-state index in [1.807, 2.05) is 24.3 Å². The molecule has 8 nitrogen and oxygen atoms in total. The fraction of sp³-hybridized carbons (Fsp3) is 0.0870. The molecule has 0 bridgehead atoms. The van der Waals surface area contributed by atoms with Gasteiger partial charge in [-0.25, -0.2) is 18.1 Å². The molecule has 3 N–H and O–H groups in total. The molecule has 33 heavy (non-hydrogen) atoms. The van der Waals surface area contributed by atoms with Crippen molar-refractivity contribution in [2.24, 2.45) is 0 Å².